The van der Waals surface area contributed by atoms with Gasteiger partial charge in [-0.1, -0.05) is 61.5 Å². The Morgan fingerprint density at radius 1 is 0.958 bits per heavy atom. The Morgan fingerprint density at radius 2 is 1.58 bits per heavy atom. The maximum Gasteiger partial charge on any atom is 0.306 e. The van der Waals surface area contributed by atoms with Crippen molar-refractivity contribution in [3.8, 4) is 0 Å². The van der Waals surface area contributed by atoms with Gasteiger partial charge in [0.2, 0.25) is 5.91 Å². The summed E-state index contributed by atoms with van der Waals surface area (Å²) >= 11 is 0. The lowest BCUT2D eigenvalue weighted by molar-refractivity contribution is -0.141. The van der Waals surface area contributed by atoms with E-state index in [0.29, 0.717) is 25.8 Å². The van der Waals surface area contributed by atoms with Crippen LogP contribution in [-0.2, 0) is 29.0 Å². The maximum atomic E-state index is 12.0. The molecule has 1 atom stereocenters. The van der Waals surface area contributed by atoms with Gasteiger partial charge in [-0.05, 0) is 29.5 Å². The fraction of sp³-hybridized carbons (Fsp3) is 0.300. The van der Waals surface area contributed by atoms with E-state index in [1.807, 2.05) is 61.5 Å². The number of amides is 1. The second-order valence-corrected chi connectivity index (χ2v) is 5.90. The first-order chi connectivity index (χ1) is 11.6. The maximum absolute atomic E-state index is 12.0. The fourth-order valence-corrected chi connectivity index (χ4v) is 2.53. The van der Waals surface area contributed by atoms with E-state index in [9.17, 15) is 9.59 Å². The molecule has 2 rings (SSSR count). The summed E-state index contributed by atoms with van der Waals surface area (Å²) in [5.41, 5.74) is 2.98. The number of carbonyl (C=O) groups is 2. The van der Waals surface area contributed by atoms with E-state index in [1.165, 1.54) is 0 Å². The van der Waals surface area contributed by atoms with Crippen molar-refractivity contribution >= 4 is 11.9 Å². The molecule has 4 nitrogen and oxygen atoms in total. The largest absolute Gasteiger partial charge is 0.481 e. The number of carbonyl (C=O) groups excluding carboxylic acids is 1. The van der Waals surface area contributed by atoms with E-state index in [0.717, 1.165) is 16.7 Å². The molecule has 0 aliphatic rings. The van der Waals surface area contributed by atoms with Gasteiger partial charge in [-0.3, -0.25) is 9.59 Å². The minimum atomic E-state index is -0.762. The molecule has 2 N–H and O–H groups in total. The third kappa shape index (κ3) is 5.54. The molecule has 0 bridgehead atoms. The van der Waals surface area contributed by atoms with Crippen molar-refractivity contribution in [1.29, 1.82) is 0 Å². The van der Waals surface area contributed by atoms with Crippen LogP contribution in [0.2, 0.25) is 0 Å². The lowest BCUT2D eigenvalue weighted by atomic mass is 9.96. The van der Waals surface area contributed by atoms with Crippen LogP contribution in [0.3, 0.4) is 0 Å². The molecule has 0 saturated carbocycles. The summed E-state index contributed by atoms with van der Waals surface area (Å²) in [5, 5.41) is 12.0. The zero-order valence-corrected chi connectivity index (χ0v) is 13.9. The standard InChI is InChI=1S/C20H23NO3/c1-2-18(20(23)24)12-15-8-10-16(11-9-15)13-19(22)21-14-17-6-4-3-5-7-17/h3-11,18H,2,12-14H2,1H3,(H,21,22)(H,23,24). The molecule has 2 aromatic carbocycles. The van der Waals surface area contributed by atoms with Gasteiger partial charge >= 0.3 is 5.97 Å². The number of carboxylic acids is 1. The first kappa shape index (κ1) is 17.7. The van der Waals surface area contributed by atoms with Gasteiger partial charge in [-0.25, -0.2) is 0 Å². The van der Waals surface area contributed by atoms with Crippen LogP contribution in [0.1, 0.15) is 30.0 Å². The Labute approximate surface area is 142 Å². The highest BCUT2D eigenvalue weighted by molar-refractivity contribution is 5.78. The molecule has 1 unspecified atom stereocenters. The fourth-order valence-electron chi connectivity index (χ4n) is 2.53. The lowest BCUT2D eigenvalue weighted by Gasteiger charge is -2.10. The molecule has 4 heteroatoms. The van der Waals surface area contributed by atoms with Crippen LogP contribution in [0, 0.1) is 5.92 Å². The summed E-state index contributed by atoms with van der Waals surface area (Å²) in [6.07, 6.45) is 1.45. The Morgan fingerprint density at radius 3 is 2.17 bits per heavy atom. The summed E-state index contributed by atoms with van der Waals surface area (Å²) < 4.78 is 0. The highest BCUT2D eigenvalue weighted by Gasteiger charge is 2.15. The number of hydrogen-bond donors (Lipinski definition) is 2. The Bertz CT molecular complexity index is 665. The minimum absolute atomic E-state index is 0.0245. The quantitative estimate of drug-likeness (QED) is 0.783. The summed E-state index contributed by atoms with van der Waals surface area (Å²) in [4.78, 5) is 23.1. The predicted molar refractivity (Wildman–Crippen MR) is 93.6 cm³/mol. The van der Waals surface area contributed by atoms with Gasteiger partial charge in [0.25, 0.3) is 0 Å². The zero-order chi connectivity index (χ0) is 17.4. The Kier molecular flexibility index (Phi) is 6.55. The normalized spacial score (nSPS) is 11.7. The molecule has 0 aliphatic heterocycles. The molecule has 24 heavy (non-hydrogen) atoms. The Balaban J connectivity index is 1.84. The third-order valence-corrected chi connectivity index (χ3v) is 4.04. The molecule has 0 aliphatic carbocycles. The van der Waals surface area contributed by atoms with Crippen LogP contribution < -0.4 is 5.32 Å². The van der Waals surface area contributed by atoms with Crippen LogP contribution >= 0.6 is 0 Å². The molecular weight excluding hydrogens is 302 g/mol. The van der Waals surface area contributed by atoms with E-state index in [2.05, 4.69) is 5.32 Å². The number of nitrogens with one attached hydrogen (secondary N) is 1. The first-order valence-electron chi connectivity index (χ1n) is 8.19. The molecule has 0 radical (unpaired) electrons. The van der Waals surface area contributed by atoms with E-state index < -0.39 is 5.97 Å². The van der Waals surface area contributed by atoms with Gasteiger partial charge in [-0.2, -0.15) is 0 Å². The van der Waals surface area contributed by atoms with Crippen LogP contribution in [0.4, 0.5) is 0 Å². The Hall–Kier alpha value is -2.62. The molecule has 2 aromatic rings. The highest BCUT2D eigenvalue weighted by Crippen LogP contribution is 2.14. The van der Waals surface area contributed by atoms with Gasteiger partial charge in [0.05, 0.1) is 12.3 Å². The molecule has 0 saturated heterocycles. The van der Waals surface area contributed by atoms with Crippen molar-refractivity contribution in [2.45, 2.75) is 32.7 Å². The van der Waals surface area contributed by atoms with Gasteiger partial charge in [0.15, 0.2) is 0 Å². The number of rotatable bonds is 8. The van der Waals surface area contributed by atoms with Crippen LogP contribution in [0.5, 0.6) is 0 Å². The lowest BCUT2D eigenvalue weighted by Crippen LogP contribution is -2.24. The van der Waals surface area contributed by atoms with E-state index in [-0.39, 0.29) is 11.8 Å². The smallest absolute Gasteiger partial charge is 0.306 e. The summed E-state index contributed by atoms with van der Waals surface area (Å²) in [5.74, 6) is -1.14. The van der Waals surface area contributed by atoms with Crippen molar-refractivity contribution in [1.82, 2.24) is 5.32 Å². The van der Waals surface area contributed by atoms with E-state index in [1.54, 1.807) is 0 Å². The number of carboxylic acid groups (broad SMARTS) is 1. The molecule has 0 spiro atoms. The summed E-state index contributed by atoms with van der Waals surface area (Å²) in [6, 6.07) is 17.4. The summed E-state index contributed by atoms with van der Waals surface area (Å²) in [7, 11) is 0. The molecule has 1 amide bonds. The van der Waals surface area contributed by atoms with Crippen molar-refractivity contribution in [3.63, 3.8) is 0 Å². The van der Waals surface area contributed by atoms with Gasteiger partial charge in [0, 0.05) is 6.54 Å². The van der Waals surface area contributed by atoms with Gasteiger partial charge in [-0.15, -0.1) is 0 Å². The molecule has 0 aromatic heterocycles. The SMILES string of the molecule is CCC(Cc1ccc(CC(=O)NCc2ccccc2)cc1)C(=O)O. The number of hydrogen-bond acceptors (Lipinski definition) is 2. The second-order valence-electron chi connectivity index (χ2n) is 5.90. The van der Waals surface area contributed by atoms with Crippen LogP contribution in [0.25, 0.3) is 0 Å². The van der Waals surface area contributed by atoms with Crippen molar-refractivity contribution in [2.75, 3.05) is 0 Å². The topological polar surface area (TPSA) is 66.4 Å². The minimum Gasteiger partial charge on any atom is -0.481 e. The average molecular weight is 325 g/mol. The van der Waals surface area contributed by atoms with Gasteiger partial charge < -0.3 is 10.4 Å². The second kappa shape index (κ2) is 8.87. The van der Waals surface area contributed by atoms with Crippen LogP contribution in [0.15, 0.2) is 54.6 Å². The average Bonchev–Trinajstić information content (AvgIpc) is 2.60. The first-order valence-corrected chi connectivity index (χ1v) is 8.19. The highest BCUT2D eigenvalue weighted by atomic mass is 16.4. The molecule has 126 valence electrons. The van der Waals surface area contributed by atoms with Crippen molar-refractivity contribution in [2.24, 2.45) is 5.92 Å². The number of benzene rings is 2. The van der Waals surface area contributed by atoms with Crippen LogP contribution in [-0.4, -0.2) is 17.0 Å². The van der Waals surface area contributed by atoms with Crippen molar-refractivity contribution < 1.29 is 14.7 Å². The molecule has 0 heterocycles. The monoisotopic (exact) mass is 325 g/mol. The van der Waals surface area contributed by atoms with Gasteiger partial charge in [0.1, 0.15) is 0 Å². The predicted octanol–water partition coefficient (Wildman–Crippen LogP) is 3.20. The summed E-state index contributed by atoms with van der Waals surface area (Å²) in [6.45, 7) is 2.40. The number of aliphatic carboxylic acids is 1. The van der Waals surface area contributed by atoms with E-state index in [4.69, 9.17) is 5.11 Å². The zero-order valence-electron chi connectivity index (χ0n) is 13.9. The van der Waals surface area contributed by atoms with E-state index >= 15 is 0 Å². The third-order valence-electron chi connectivity index (χ3n) is 4.04. The van der Waals surface area contributed by atoms with Crippen molar-refractivity contribution in [3.05, 3.63) is 71.3 Å². The molecular formula is C20H23NO3. The molecule has 0 fully saturated rings.